The minimum atomic E-state index is 0. The highest BCUT2D eigenvalue weighted by Gasteiger charge is 2.16. The van der Waals surface area contributed by atoms with Gasteiger partial charge in [-0.1, -0.05) is 163 Å². The van der Waals surface area contributed by atoms with Crippen LogP contribution in [0.3, 0.4) is 0 Å². The molecule has 0 amide bonds. The van der Waals surface area contributed by atoms with Crippen LogP contribution in [0.5, 0.6) is 0 Å². The van der Waals surface area contributed by atoms with Gasteiger partial charge in [-0.15, -0.1) is 11.3 Å². The van der Waals surface area contributed by atoms with Crippen molar-refractivity contribution in [2.75, 3.05) is 0 Å². The highest BCUT2D eigenvalue weighted by Crippen LogP contribution is 2.23. The Balaban J connectivity index is -0.000000167. The zero-order valence-electron chi connectivity index (χ0n) is 44.7. The molecule has 0 aliphatic rings. The molecule has 0 atom stereocenters. The molecule has 0 bridgehead atoms. The normalized spacial score (nSPS) is 10.5. The molecule has 6 aromatic heterocycles. The van der Waals surface area contributed by atoms with Crippen LogP contribution in [0.25, 0.3) is 0 Å². The zero-order valence-corrected chi connectivity index (χ0v) is 45.5. The van der Waals surface area contributed by atoms with Crippen LogP contribution in [0.4, 0.5) is 0 Å². The average molecular weight is 987 g/mol. The lowest BCUT2D eigenvalue weighted by Crippen LogP contribution is -2.21. The summed E-state index contributed by atoms with van der Waals surface area (Å²) >= 11 is 1.72. The zero-order chi connectivity index (χ0) is 50.0. The fraction of sp³-hybridized carbons (Fsp3) is 0.532. The van der Waals surface area contributed by atoms with Crippen molar-refractivity contribution in [2.45, 2.75) is 215 Å². The van der Waals surface area contributed by atoms with Gasteiger partial charge in [0.1, 0.15) is 0 Å². The standard InChI is InChI=1S/C9H13N.3C8H13N.C7H12N2.C7H11NS.C6H6.C4H10.5CH4/c1-9(2,3)8-6-4-5-7-10-8;2*1-8(2,3)9-6-4-5-7-9;1-8(2,3)7-5-4-6-9-7;1-7(2,3)9-6-4-5-8-9;1-7(2,3)6-8-4-5-9-6;1-2-4-6-5-3-1;1-4(2)3;;;;;/h4-7H,1-3H3;2*4-7H,1-3H3;4-6,9H,1-3H3;4-6H,1-3H3;4-5H,1-3H3;1-6H;4H,1-3H3;5*1H4. The number of nitrogens with zero attached hydrogens (tertiary/aromatic N) is 6. The van der Waals surface area contributed by atoms with Crippen molar-refractivity contribution in [3.8, 4) is 0 Å². The van der Waals surface area contributed by atoms with Crippen LogP contribution >= 0.6 is 11.3 Å². The molecule has 0 saturated carbocycles. The quantitative estimate of drug-likeness (QED) is 0.165. The maximum Gasteiger partial charge on any atom is 0.0978 e. The molecule has 7 aromatic rings. The van der Waals surface area contributed by atoms with Crippen molar-refractivity contribution in [1.82, 2.24) is 33.9 Å². The summed E-state index contributed by atoms with van der Waals surface area (Å²) in [4.78, 5) is 11.6. The van der Waals surface area contributed by atoms with E-state index in [0.717, 1.165) is 11.6 Å². The van der Waals surface area contributed by atoms with Gasteiger partial charge in [-0.05, 0) is 123 Å². The summed E-state index contributed by atoms with van der Waals surface area (Å²) in [5.41, 5.74) is 3.73. The molecule has 70 heavy (non-hydrogen) atoms. The molecular weight excluding hydrogens is 875 g/mol. The molecule has 0 radical (unpaired) electrons. The fourth-order valence-corrected chi connectivity index (χ4v) is 5.54. The summed E-state index contributed by atoms with van der Waals surface area (Å²) in [7, 11) is 0. The van der Waals surface area contributed by atoms with Gasteiger partial charge in [0.05, 0.1) is 10.5 Å². The van der Waals surface area contributed by atoms with Gasteiger partial charge < -0.3 is 14.1 Å². The van der Waals surface area contributed by atoms with E-state index in [0.29, 0.717) is 0 Å². The van der Waals surface area contributed by atoms with Crippen LogP contribution in [0, 0.1) is 5.92 Å². The lowest BCUT2D eigenvalue weighted by molar-refractivity contribution is 0.355. The highest BCUT2D eigenvalue weighted by molar-refractivity contribution is 7.09. The van der Waals surface area contributed by atoms with Crippen molar-refractivity contribution in [3.63, 3.8) is 0 Å². The first-order valence-electron chi connectivity index (χ1n) is 23.1. The Morgan fingerprint density at radius 2 is 0.857 bits per heavy atom. The first-order valence-corrected chi connectivity index (χ1v) is 24.0. The van der Waals surface area contributed by atoms with E-state index in [1.54, 1.807) is 17.5 Å². The summed E-state index contributed by atoms with van der Waals surface area (Å²) < 4.78 is 6.31. The van der Waals surface area contributed by atoms with Gasteiger partial charge in [0, 0.05) is 99.9 Å². The minimum absolute atomic E-state index is 0. The van der Waals surface area contributed by atoms with E-state index in [-0.39, 0.29) is 70.0 Å². The van der Waals surface area contributed by atoms with Gasteiger partial charge in [-0.25, -0.2) is 4.98 Å². The molecule has 8 heteroatoms. The third-order valence-electron chi connectivity index (χ3n) is 8.53. The third-order valence-corrected chi connectivity index (χ3v) is 9.73. The Bertz CT molecular complexity index is 1750. The predicted molar refractivity (Wildman–Crippen MR) is 320 cm³/mol. The van der Waals surface area contributed by atoms with E-state index in [2.05, 4.69) is 212 Å². The summed E-state index contributed by atoms with van der Waals surface area (Å²) in [6, 6.07) is 32.3. The SMILES string of the molecule is C.C.C.C.C.CC(C)(C)c1ccc[nH]1.CC(C)(C)c1ccccn1.CC(C)(C)c1nccs1.CC(C)(C)n1cccc1.CC(C)(C)n1cccc1.CC(C)(C)n1cccn1.CC(C)C.c1ccccc1. The van der Waals surface area contributed by atoms with Crippen molar-refractivity contribution in [1.29, 1.82) is 0 Å². The molecule has 0 spiro atoms. The summed E-state index contributed by atoms with van der Waals surface area (Å²) in [5, 5.41) is 7.33. The van der Waals surface area contributed by atoms with Crippen molar-refractivity contribution < 1.29 is 0 Å². The van der Waals surface area contributed by atoms with E-state index in [1.165, 1.54) is 10.7 Å². The second kappa shape index (κ2) is 36.9. The number of aromatic nitrogens is 7. The lowest BCUT2D eigenvalue weighted by atomic mass is 9.92. The number of pyridine rings is 1. The molecule has 7 rings (SSSR count). The second-order valence-corrected chi connectivity index (χ2v) is 23.3. The Hall–Kier alpha value is -4.95. The van der Waals surface area contributed by atoms with Crippen LogP contribution in [-0.2, 0) is 32.9 Å². The molecular formula is C62H111N7S. The predicted octanol–water partition coefficient (Wildman–Crippen LogP) is 19.8. The third kappa shape index (κ3) is 37.9. The number of benzene rings is 1. The van der Waals surface area contributed by atoms with E-state index in [1.807, 2.05) is 120 Å². The number of hydrogen-bond donors (Lipinski definition) is 1. The average Bonchev–Trinajstić information content (AvgIpc) is 4.05. The number of H-pyrrole nitrogens is 1. The monoisotopic (exact) mass is 986 g/mol. The van der Waals surface area contributed by atoms with Gasteiger partial charge in [0.15, 0.2) is 0 Å². The molecule has 0 saturated heterocycles. The van der Waals surface area contributed by atoms with E-state index in [9.17, 15) is 0 Å². The Labute approximate surface area is 439 Å². The number of aromatic amines is 1. The van der Waals surface area contributed by atoms with E-state index < -0.39 is 0 Å². The van der Waals surface area contributed by atoms with Gasteiger partial charge in [-0.2, -0.15) is 5.10 Å². The topological polar surface area (TPSA) is 69.2 Å². The molecule has 7 nitrogen and oxygen atoms in total. The molecule has 0 fully saturated rings. The van der Waals surface area contributed by atoms with Gasteiger partial charge in [0.25, 0.3) is 0 Å². The highest BCUT2D eigenvalue weighted by atomic mass is 32.1. The van der Waals surface area contributed by atoms with Crippen LogP contribution < -0.4 is 0 Å². The molecule has 0 aliphatic heterocycles. The molecule has 1 aromatic carbocycles. The summed E-state index contributed by atoms with van der Waals surface area (Å²) in [6.07, 6.45) is 17.7. The van der Waals surface area contributed by atoms with Crippen LogP contribution in [-0.4, -0.2) is 33.9 Å². The second-order valence-electron chi connectivity index (χ2n) is 22.4. The van der Waals surface area contributed by atoms with Crippen molar-refractivity contribution >= 4 is 11.3 Å². The summed E-state index contributed by atoms with van der Waals surface area (Å²) in [5.74, 6) is 0.833. The summed E-state index contributed by atoms with van der Waals surface area (Å²) in [6.45, 7) is 45.6. The Morgan fingerprint density at radius 3 is 1.03 bits per heavy atom. The van der Waals surface area contributed by atoms with Gasteiger partial charge in [0.2, 0.25) is 0 Å². The maximum absolute atomic E-state index is 4.25. The Kier molecular flexibility index (Phi) is 40.4. The number of nitrogens with one attached hydrogen (secondary N) is 1. The van der Waals surface area contributed by atoms with Crippen molar-refractivity contribution in [2.24, 2.45) is 5.92 Å². The van der Waals surface area contributed by atoms with Crippen molar-refractivity contribution in [3.05, 3.63) is 175 Å². The molecule has 400 valence electrons. The molecule has 0 unspecified atom stereocenters. The largest absolute Gasteiger partial charge is 0.365 e. The van der Waals surface area contributed by atoms with Crippen LogP contribution in [0.15, 0.2) is 158 Å². The van der Waals surface area contributed by atoms with Gasteiger partial charge in [-0.3, -0.25) is 9.67 Å². The molecule has 1 N–H and O–H groups in total. The fourth-order valence-electron chi connectivity index (χ4n) is 4.81. The number of hydrogen-bond acceptors (Lipinski definition) is 4. The molecule has 0 aliphatic carbocycles. The number of thiazole rings is 1. The first kappa shape index (κ1) is 76.5. The maximum atomic E-state index is 4.25. The molecule has 6 heterocycles. The van der Waals surface area contributed by atoms with Crippen LogP contribution in [0.2, 0.25) is 0 Å². The minimum Gasteiger partial charge on any atom is -0.365 e. The Morgan fingerprint density at radius 1 is 0.429 bits per heavy atom. The lowest BCUT2D eigenvalue weighted by Gasteiger charge is -2.20. The first-order chi connectivity index (χ1) is 29.9. The number of rotatable bonds is 0. The van der Waals surface area contributed by atoms with Gasteiger partial charge >= 0.3 is 0 Å². The van der Waals surface area contributed by atoms with E-state index in [4.69, 9.17) is 0 Å². The van der Waals surface area contributed by atoms with E-state index >= 15 is 0 Å². The smallest absolute Gasteiger partial charge is 0.0978 e. The van der Waals surface area contributed by atoms with Crippen LogP contribution in [0.1, 0.15) is 199 Å².